The first-order valence-electron chi connectivity index (χ1n) is 37.9. The fourth-order valence-corrected chi connectivity index (χ4v) is 18.4. The van der Waals surface area contributed by atoms with E-state index in [2.05, 4.69) is 0 Å². The molecule has 6 heterocycles. The third-order valence-electron chi connectivity index (χ3n) is 23.9. The van der Waals surface area contributed by atoms with E-state index in [1.165, 1.54) is 84.9 Å². The summed E-state index contributed by atoms with van der Waals surface area (Å²) in [6.45, 7) is 0. The van der Waals surface area contributed by atoms with Crippen LogP contribution in [0, 0.1) is 0 Å². The second-order valence-corrected chi connectivity index (χ2v) is 30.9. The molecule has 614 valence electrons. The Balaban J connectivity index is 0.865. The van der Waals surface area contributed by atoms with E-state index in [0.29, 0.717) is 5.56 Å². The van der Waals surface area contributed by atoms with Crippen LogP contribution < -0.4 is 28.4 Å². The molecule has 11 atom stereocenters. The van der Waals surface area contributed by atoms with E-state index >= 15 is 0 Å². The van der Waals surface area contributed by atoms with Crippen LogP contribution in [0.15, 0.2) is 152 Å². The highest BCUT2D eigenvalue weighted by Gasteiger charge is 2.51. The number of fused-ring (bicyclic) bond motifs is 6. The first-order chi connectivity index (χ1) is 57.3. The Morgan fingerprint density at radius 2 is 0.400 bits per heavy atom. The quantitative estimate of drug-likeness (QED) is 0.0535. The summed E-state index contributed by atoms with van der Waals surface area (Å²) < 4.78 is 41.4. The summed E-state index contributed by atoms with van der Waals surface area (Å²) >= 11 is 0. The molecule has 0 radical (unpaired) electrons. The molecule has 18 rings (SSSR count). The van der Waals surface area contributed by atoms with Crippen molar-refractivity contribution in [3.8, 4) is 172 Å². The number of ether oxygens (including phenoxy) is 6. The number of phenolic OH excluding ortho intramolecular Hbond substituents is 24. The van der Waals surface area contributed by atoms with Crippen molar-refractivity contribution in [2.45, 2.75) is 111 Å². The summed E-state index contributed by atoms with van der Waals surface area (Å²) in [6, 6.07) is 29.8. The van der Waals surface area contributed by atoms with Gasteiger partial charge >= 0.3 is 0 Å². The average Bonchev–Trinajstić information content (AvgIpc) is 0.625. The summed E-state index contributed by atoms with van der Waals surface area (Å²) in [4.78, 5) is 0. The molecule has 0 unspecified atom stereocenters. The van der Waals surface area contributed by atoms with Crippen molar-refractivity contribution in [3.63, 3.8) is 0 Å². The molecule has 0 saturated carbocycles. The Hall–Kier alpha value is -15.4. The highest BCUT2D eigenvalue weighted by atomic mass is 16.5. The van der Waals surface area contributed by atoms with Gasteiger partial charge in [0.1, 0.15) is 140 Å². The lowest BCUT2D eigenvalue weighted by Crippen LogP contribution is -2.27. The molecule has 30 heteroatoms. The topological polar surface area (TPSA) is 541 Å². The predicted octanol–water partition coefficient (Wildman–Crippen LogP) is 15.0. The minimum atomic E-state index is -1.59. The Morgan fingerprint density at radius 3 is 0.667 bits per heavy atom. The van der Waals surface area contributed by atoms with Crippen LogP contribution in [0.3, 0.4) is 0 Å². The van der Waals surface area contributed by atoms with Gasteiger partial charge in [-0.05, 0) is 119 Å². The maximum absolute atomic E-state index is 13.1. The number of hydrogen-bond donors (Lipinski definition) is 24. The largest absolute Gasteiger partial charge is 0.508 e. The van der Waals surface area contributed by atoms with Gasteiger partial charge in [0.15, 0.2) is 69.0 Å². The van der Waals surface area contributed by atoms with Crippen LogP contribution in [0.1, 0.15) is 199 Å². The second kappa shape index (κ2) is 28.2. The Morgan fingerprint density at radius 1 is 0.183 bits per heavy atom. The van der Waals surface area contributed by atoms with Crippen LogP contribution in [0.2, 0.25) is 0 Å². The van der Waals surface area contributed by atoms with Gasteiger partial charge in [0.25, 0.3) is 0 Å². The highest BCUT2D eigenvalue weighted by molar-refractivity contribution is 5.76. The summed E-state index contributed by atoms with van der Waals surface area (Å²) in [7, 11) is 0. The smallest absolute Gasteiger partial charge is 0.157 e. The molecule has 0 spiro atoms. The first-order valence-corrected chi connectivity index (χ1v) is 37.9. The molecule has 0 fully saturated rings. The Labute approximate surface area is 677 Å². The van der Waals surface area contributed by atoms with Crippen LogP contribution in [0.25, 0.3) is 0 Å². The van der Waals surface area contributed by atoms with Gasteiger partial charge in [-0.3, -0.25) is 0 Å². The first kappa shape index (κ1) is 76.0. The van der Waals surface area contributed by atoms with E-state index in [9.17, 15) is 123 Å². The second-order valence-electron chi connectivity index (χ2n) is 30.9. The predicted molar refractivity (Wildman–Crippen MR) is 418 cm³/mol. The van der Waals surface area contributed by atoms with Crippen molar-refractivity contribution >= 4 is 0 Å². The zero-order valence-electron chi connectivity index (χ0n) is 62.4. The Bertz CT molecular complexity index is 6300. The molecule has 0 saturated heterocycles. The van der Waals surface area contributed by atoms with Crippen molar-refractivity contribution in [2.75, 3.05) is 0 Å². The summed E-state index contributed by atoms with van der Waals surface area (Å²) in [5, 5.41) is 281. The molecular weight excluding hydrogens is 1560 g/mol. The highest BCUT2D eigenvalue weighted by Crippen LogP contribution is 2.68. The Kier molecular flexibility index (Phi) is 17.9. The molecule has 0 aromatic heterocycles. The lowest BCUT2D eigenvalue weighted by molar-refractivity contribution is 0.139. The van der Waals surface area contributed by atoms with Crippen LogP contribution in [-0.2, 0) is 6.42 Å². The van der Waals surface area contributed by atoms with E-state index in [0.717, 1.165) is 66.7 Å². The zero-order chi connectivity index (χ0) is 84.4. The van der Waals surface area contributed by atoms with E-state index in [-0.39, 0.29) is 143 Å². The van der Waals surface area contributed by atoms with Crippen LogP contribution in [0.5, 0.6) is 172 Å². The minimum absolute atomic E-state index is 0.0358. The van der Waals surface area contributed by atoms with Gasteiger partial charge in [-0.25, -0.2) is 0 Å². The van der Waals surface area contributed by atoms with Crippen molar-refractivity contribution in [1.29, 1.82) is 0 Å². The van der Waals surface area contributed by atoms with Gasteiger partial charge in [-0.2, -0.15) is 0 Å². The van der Waals surface area contributed by atoms with Gasteiger partial charge in [-0.15, -0.1) is 0 Å². The summed E-state index contributed by atoms with van der Waals surface area (Å²) in [6.07, 6.45) is -9.05. The monoisotopic (exact) mass is 1630 g/mol. The molecular formula is C90H74O30. The molecule has 12 aromatic carbocycles. The molecule has 0 amide bonds. The number of benzene rings is 12. The molecule has 12 aromatic rings. The maximum Gasteiger partial charge on any atom is 0.157 e. The SMILES string of the molecule is Oc1cc(O)c2c(c1)O[C@H](c1ccc(O)c(O)c1)C[C@H]2c1c(O)cc(O)c2c1O[C@H](c1ccc(O)c(O)c1)C[C@H]2c1c(O)cc(O)c2c1O[C@H](c1ccc(O)c(O)c1)C[C@H]2c1c(O)cc(O)c2c1O[C@H](c1ccc(O)c(O)c1)C[C@H]2c1c(O)cc(O)c2c1O[C@H](c1ccc(O)c(O)c1)C[C@H]2c1c(O)cc(O)c2c1O[C@H](c1ccc(O)c(O)c1)CC2. The van der Waals surface area contributed by atoms with Gasteiger partial charge in [0, 0.05) is 165 Å². The number of hydrogen-bond acceptors (Lipinski definition) is 30. The van der Waals surface area contributed by atoms with Crippen LogP contribution in [0.4, 0.5) is 0 Å². The van der Waals surface area contributed by atoms with Gasteiger partial charge in [-0.1, -0.05) is 36.4 Å². The number of aromatic hydroxyl groups is 24. The lowest BCUT2D eigenvalue weighted by Gasteiger charge is -2.42. The van der Waals surface area contributed by atoms with E-state index in [1.54, 1.807) is 0 Å². The molecule has 24 N–H and O–H groups in total. The molecule has 120 heavy (non-hydrogen) atoms. The average molecular weight is 1640 g/mol. The lowest BCUT2D eigenvalue weighted by atomic mass is 9.72. The van der Waals surface area contributed by atoms with Gasteiger partial charge in [0.05, 0.1) is 0 Å². The summed E-state index contributed by atoms with van der Waals surface area (Å²) in [5.41, 5.74) is -0.674. The van der Waals surface area contributed by atoms with E-state index in [4.69, 9.17) is 28.4 Å². The minimum Gasteiger partial charge on any atom is -0.508 e. The molecule has 6 aliphatic heterocycles. The number of rotatable bonds is 11. The molecule has 0 bridgehead atoms. The van der Waals surface area contributed by atoms with E-state index in [1.807, 2.05) is 0 Å². The van der Waals surface area contributed by atoms with Crippen molar-refractivity contribution in [2.24, 2.45) is 0 Å². The number of phenols is 24. The zero-order valence-corrected chi connectivity index (χ0v) is 62.4. The van der Waals surface area contributed by atoms with Crippen molar-refractivity contribution in [3.05, 3.63) is 246 Å². The normalized spacial score (nSPS) is 21.2. The van der Waals surface area contributed by atoms with Crippen LogP contribution >= 0.6 is 0 Å². The molecule has 0 aliphatic carbocycles. The maximum atomic E-state index is 13.1. The van der Waals surface area contributed by atoms with Crippen molar-refractivity contribution < 1.29 is 151 Å². The van der Waals surface area contributed by atoms with Gasteiger partial charge < -0.3 is 151 Å². The van der Waals surface area contributed by atoms with E-state index < -0.39 is 229 Å². The molecule has 30 nitrogen and oxygen atoms in total. The summed E-state index contributed by atoms with van der Waals surface area (Å²) in [5.74, 6) is -23.5. The van der Waals surface area contributed by atoms with Gasteiger partial charge in [0.2, 0.25) is 0 Å². The fourth-order valence-electron chi connectivity index (χ4n) is 18.4. The standard InChI is InChI=1S/C90H74O30/c91-39-21-59(105)76-41(23-70(115-75(76)22-39)34-2-9-47(93)54(100)16-34)78-61(107)29-63(109)80-43(25-72(117-87(78)80)36-4-11-49(95)56(102)18-36)82-65(111)31-67(113)84-45(27-74(119-89(82)84)38-6-13-51(97)58(104)20-38)85-68(114)32-66(112)83-44(26-73(120-90(83)85)37-5-12-50(96)57(103)19-37)81-64(110)30-62(108)79-42(24-71(118-88(79)81)35-3-10-48(94)55(101)17-35)77-60(106)28-52(98)40-7-14-69(116-86(40)77)33-1-8-46(92)53(99)15-33/h1-6,8-13,15-22,28-32,41-45,69-74,91-114H,7,14,23-27H2/t41-,42+,43-,44+,45-,69+,70+,71+,72+,73+,74+/m1/s1. The third-order valence-corrected chi connectivity index (χ3v) is 23.9. The van der Waals surface area contributed by atoms with Crippen molar-refractivity contribution in [1.82, 2.24) is 0 Å². The third kappa shape index (κ3) is 12.5. The van der Waals surface area contributed by atoms with Crippen LogP contribution in [-0.4, -0.2) is 123 Å². The molecule has 6 aliphatic rings. The fraction of sp³-hybridized carbons (Fsp3) is 0.200.